The summed E-state index contributed by atoms with van der Waals surface area (Å²) in [6.07, 6.45) is 0.791. The minimum absolute atomic E-state index is 0.00770. The van der Waals surface area contributed by atoms with Gasteiger partial charge in [-0.25, -0.2) is 4.39 Å². The zero-order chi connectivity index (χ0) is 17.8. The molecule has 1 saturated heterocycles. The van der Waals surface area contributed by atoms with Crippen LogP contribution in [0.5, 0.6) is 5.75 Å². The first-order chi connectivity index (χ1) is 12.1. The van der Waals surface area contributed by atoms with Crippen LogP contribution in [0.3, 0.4) is 0 Å². The molecule has 2 aromatic carbocycles. The number of hydrogen-bond acceptors (Lipinski definition) is 3. The van der Waals surface area contributed by atoms with Crippen molar-refractivity contribution in [2.45, 2.75) is 6.42 Å². The summed E-state index contributed by atoms with van der Waals surface area (Å²) in [6.45, 7) is 1.50. The summed E-state index contributed by atoms with van der Waals surface area (Å²) in [5, 5.41) is 0. The molecule has 1 unspecified atom stereocenters. The van der Waals surface area contributed by atoms with Crippen molar-refractivity contribution in [1.82, 2.24) is 4.90 Å². The highest BCUT2D eigenvalue weighted by molar-refractivity contribution is 5.96. The molecule has 1 aliphatic rings. The second-order valence-corrected chi connectivity index (χ2v) is 6.06. The van der Waals surface area contributed by atoms with Crippen LogP contribution in [0.25, 0.3) is 0 Å². The first-order valence-electron chi connectivity index (χ1n) is 8.11. The molecule has 0 radical (unpaired) electrons. The van der Waals surface area contributed by atoms with Crippen LogP contribution in [-0.2, 0) is 0 Å². The Balaban J connectivity index is 1.60. The van der Waals surface area contributed by atoms with Crippen LogP contribution < -0.4 is 10.5 Å². The summed E-state index contributed by atoms with van der Waals surface area (Å²) in [6, 6.07) is 13.3. The molecule has 130 valence electrons. The average molecular weight is 342 g/mol. The average Bonchev–Trinajstić information content (AvgIpc) is 3.08. The minimum atomic E-state index is -0.861. The van der Waals surface area contributed by atoms with E-state index in [2.05, 4.69) is 0 Å². The molecule has 1 atom stereocenters. The van der Waals surface area contributed by atoms with Gasteiger partial charge in [-0.05, 0) is 30.7 Å². The van der Waals surface area contributed by atoms with Gasteiger partial charge in [0.15, 0.2) is 0 Å². The lowest BCUT2D eigenvalue weighted by Crippen LogP contribution is -2.29. The number of halogens is 1. The number of nitrogens with two attached hydrogens (primary N) is 1. The van der Waals surface area contributed by atoms with Crippen LogP contribution in [0.4, 0.5) is 4.39 Å². The molecule has 1 fully saturated rings. The summed E-state index contributed by atoms with van der Waals surface area (Å²) in [5.74, 6) is -1.30. The van der Waals surface area contributed by atoms with E-state index in [0.29, 0.717) is 25.3 Å². The topological polar surface area (TPSA) is 72.6 Å². The third kappa shape index (κ3) is 3.79. The number of nitrogens with zero attached hydrogens (tertiary/aromatic N) is 1. The number of benzene rings is 2. The Morgan fingerprint density at radius 2 is 1.92 bits per heavy atom. The second kappa shape index (κ2) is 7.34. The van der Waals surface area contributed by atoms with Crippen LogP contribution in [-0.4, -0.2) is 36.4 Å². The first kappa shape index (κ1) is 17.0. The molecule has 25 heavy (non-hydrogen) atoms. The predicted octanol–water partition coefficient (Wildman–Crippen LogP) is 2.47. The molecule has 0 bridgehead atoms. The molecule has 5 nitrogen and oxygen atoms in total. The SMILES string of the molecule is NC(=O)c1c(F)cccc1OCC1CCN(C(=O)c2ccccc2)C1. The number of likely N-dealkylation sites (tertiary alicyclic amines) is 1. The molecule has 1 heterocycles. The van der Waals surface area contributed by atoms with Crippen molar-refractivity contribution < 1.29 is 18.7 Å². The van der Waals surface area contributed by atoms with Crippen molar-refractivity contribution in [3.8, 4) is 5.75 Å². The Labute approximate surface area is 145 Å². The number of hydrogen-bond donors (Lipinski definition) is 1. The van der Waals surface area contributed by atoms with Gasteiger partial charge in [-0.3, -0.25) is 9.59 Å². The van der Waals surface area contributed by atoms with E-state index < -0.39 is 11.7 Å². The third-order valence-corrected chi connectivity index (χ3v) is 4.29. The highest BCUT2D eigenvalue weighted by Gasteiger charge is 2.28. The van der Waals surface area contributed by atoms with Gasteiger partial charge in [0.25, 0.3) is 11.8 Å². The molecule has 6 heteroatoms. The summed E-state index contributed by atoms with van der Waals surface area (Å²) in [4.78, 5) is 25.6. The molecule has 0 aromatic heterocycles. The maximum absolute atomic E-state index is 13.7. The van der Waals surface area contributed by atoms with E-state index in [1.165, 1.54) is 18.2 Å². The fourth-order valence-corrected chi connectivity index (χ4v) is 2.99. The molecule has 2 amide bonds. The normalized spacial score (nSPS) is 16.7. The maximum atomic E-state index is 13.7. The summed E-state index contributed by atoms with van der Waals surface area (Å²) in [7, 11) is 0. The maximum Gasteiger partial charge on any atom is 0.255 e. The van der Waals surface area contributed by atoms with Gasteiger partial charge in [0, 0.05) is 24.6 Å². The van der Waals surface area contributed by atoms with Gasteiger partial charge in [0.05, 0.1) is 6.61 Å². The number of rotatable bonds is 5. The second-order valence-electron chi connectivity index (χ2n) is 6.06. The molecule has 0 aliphatic carbocycles. The third-order valence-electron chi connectivity index (χ3n) is 4.29. The highest BCUT2D eigenvalue weighted by Crippen LogP contribution is 2.24. The zero-order valence-electron chi connectivity index (χ0n) is 13.7. The Morgan fingerprint density at radius 1 is 1.16 bits per heavy atom. The van der Waals surface area contributed by atoms with E-state index in [1.54, 1.807) is 17.0 Å². The Morgan fingerprint density at radius 3 is 2.64 bits per heavy atom. The van der Waals surface area contributed by atoms with Crippen LogP contribution in [0.2, 0.25) is 0 Å². The van der Waals surface area contributed by atoms with Gasteiger partial charge in [0.1, 0.15) is 17.1 Å². The lowest BCUT2D eigenvalue weighted by Gasteiger charge is -2.17. The van der Waals surface area contributed by atoms with Crippen molar-refractivity contribution in [3.63, 3.8) is 0 Å². The molecular weight excluding hydrogens is 323 g/mol. The number of carbonyl (C=O) groups excluding carboxylic acids is 2. The van der Waals surface area contributed by atoms with Crippen molar-refractivity contribution in [3.05, 3.63) is 65.5 Å². The monoisotopic (exact) mass is 342 g/mol. The predicted molar refractivity (Wildman–Crippen MR) is 90.9 cm³/mol. The Bertz CT molecular complexity index is 779. The Kier molecular flexibility index (Phi) is 4.97. The van der Waals surface area contributed by atoms with E-state index in [1.807, 2.05) is 18.2 Å². The summed E-state index contributed by atoms with van der Waals surface area (Å²) >= 11 is 0. The van der Waals surface area contributed by atoms with Crippen molar-refractivity contribution in [1.29, 1.82) is 0 Å². The standard InChI is InChI=1S/C19H19FN2O3/c20-15-7-4-8-16(17(15)18(21)23)25-12-13-9-10-22(11-13)19(24)14-5-2-1-3-6-14/h1-8,13H,9-12H2,(H2,21,23). The Hall–Kier alpha value is -2.89. The lowest BCUT2D eigenvalue weighted by molar-refractivity contribution is 0.0783. The summed E-state index contributed by atoms with van der Waals surface area (Å²) < 4.78 is 19.3. The fourth-order valence-electron chi connectivity index (χ4n) is 2.99. The number of carbonyl (C=O) groups is 2. The van der Waals surface area contributed by atoms with Gasteiger partial charge < -0.3 is 15.4 Å². The molecule has 2 N–H and O–H groups in total. The van der Waals surface area contributed by atoms with Crippen LogP contribution in [0.1, 0.15) is 27.1 Å². The molecular formula is C19H19FN2O3. The van der Waals surface area contributed by atoms with E-state index in [4.69, 9.17) is 10.5 Å². The lowest BCUT2D eigenvalue weighted by atomic mass is 10.1. The fraction of sp³-hybridized carbons (Fsp3) is 0.263. The van der Waals surface area contributed by atoms with E-state index in [9.17, 15) is 14.0 Å². The van der Waals surface area contributed by atoms with Crippen molar-refractivity contribution in [2.24, 2.45) is 11.7 Å². The minimum Gasteiger partial charge on any atom is -0.492 e. The van der Waals surface area contributed by atoms with E-state index in [-0.39, 0.29) is 23.1 Å². The van der Waals surface area contributed by atoms with Gasteiger partial charge in [-0.1, -0.05) is 24.3 Å². The van der Waals surface area contributed by atoms with Crippen LogP contribution in [0.15, 0.2) is 48.5 Å². The van der Waals surface area contributed by atoms with Gasteiger partial charge in [0.2, 0.25) is 0 Å². The smallest absolute Gasteiger partial charge is 0.255 e. The largest absolute Gasteiger partial charge is 0.492 e. The van der Waals surface area contributed by atoms with Gasteiger partial charge in [-0.15, -0.1) is 0 Å². The van der Waals surface area contributed by atoms with Gasteiger partial charge >= 0.3 is 0 Å². The number of amides is 2. The molecule has 3 rings (SSSR count). The summed E-state index contributed by atoms with van der Waals surface area (Å²) in [5.41, 5.74) is 5.63. The van der Waals surface area contributed by atoms with Crippen molar-refractivity contribution in [2.75, 3.05) is 19.7 Å². The molecule has 0 saturated carbocycles. The zero-order valence-corrected chi connectivity index (χ0v) is 13.7. The van der Waals surface area contributed by atoms with Crippen LogP contribution in [0, 0.1) is 11.7 Å². The van der Waals surface area contributed by atoms with Crippen molar-refractivity contribution >= 4 is 11.8 Å². The van der Waals surface area contributed by atoms with E-state index in [0.717, 1.165) is 6.42 Å². The number of primary amides is 1. The van der Waals surface area contributed by atoms with Crippen LogP contribution >= 0.6 is 0 Å². The number of ether oxygens (including phenoxy) is 1. The molecule has 1 aliphatic heterocycles. The molecule has 0 spiro atoms. The first-order valence-corrected chi connectivity index (χ1v) is 8.11. The highest BCUT2D eigenvalue weighted by atomic mass is 19.1. The quantitative estimate of drug-likeness (QED) is 0.907. The van der Waals surface area contributed by atoms with E-state index >= 15 is 0 Å². The van der Waals surface area contributed by atoms with Gasteiger partial charge in [-0.2, -0.15) is 0 Å². The molecule has 2 aromatic rings.